The average molecular weight is 282 g/mol. The molecule has 0 bridgehead atoms. The van der Waals surface area contributed by atoms with Crippen LogP contribution < -0.4 is 4.74 Å². The van der Waals surface area contributed by atoms with Crippen LogP contribution in [-0.2, 0) is 13.5 Å². The standard InChI is InChI=1S/C12H12ClN3O3/c1-15-6-5-14-12(15)4-7-19-11-8-9(16(17)18)2-3-10(11)13/h2-3,5-6,8H,4,7H2,1H3. The maximum absolute atomic E-state index is 10.7. The van der Waals surface area contributed by atoms with Gasteiger partial charge in [-0.05, 0) is 6.07 Å². The molecule has 0 amide bonds. The maximum Gasteiger partial charge on any atom is 0.273 e. The molecule has 1 aromatic carbocycles. The molecule has 100 valence electrons. The van der Waals surface area contributed by atoms with Gasteiger partial charge in [0.05, 0.1) is 22.6 Å². The van der Waals surface area contributed by atoms with Crippen LogP contribution in [0.4, 0.5) is 5.69 Å². The Labute approximate surface area is 114 Å². The van der Waals surface area contributed by atoms with Gasteiger partial charge in [-0.3, -0.25) is 10.1 Å². The highest BCUT2D eigenvalue weighted by molar-refractivity contribution is 6.32. The Morgan fingerprint density at radius 2 is 2.32 bits per heavy atom. The zero-order chi connectivity index (χ0) is 13.8. The van der Waals surface area contributed by atoms with E-state index in [4.69, 9.17) is 16.3 Å². The van der Waals surface area contributed by atoms with Crippen molar-refractivity contribution in [2.75, 3.05) is 6.61 Å². The van der Waals surface area contributed by atoms with Crippen LogP contribution >= 0.6 is 11.6 Å². The number of hydrogen-bond acceptors (Lipinski definition) is 4. The van der Waals surface area contributed by atoms with Crippen molar-refractivity contribution >= 4 is 17.3 Å². The first-order chi connectivity index (χ1) is 9.08. The van der Waals surface area contributed by atoms with Crippen LogP contribution in [0.1, 0.15) is 5.82 Å². The third-order valence-corrected chi connectivity index (χ3v) is 2.94. The zero-order valence-corrected chi connectivity index (χ0v) is 11.0. The van der Waals surface area contributed by atoms with Crippen molar-refractivity contribution < 1.29 is 9.66 Å². The number of benzene rings is 1. The third-order valence-electron chi connectivity index (χ3n) is 2.63. The number of non-ortho nitro benzene ring substituents is 1. The molecule has 1 aromatic heterocycles. The minimum atomic E-state index is -0.484. The van der Waals surface area contributed by atoms with Gasteiger partial charge in [0, 0.05) is 31.9 Å². The highest BCUT2D eigenvalue weighted by Gasteiger charge is 2.11. The predicted octanol–water partition coefficient (Wildman–Crippen LogP) is 2.60. The Balaban J connectivity index is 2.01. The first-order valence-corrected chi connectivity index (χ1v) is 5.98. The van der Waals surface area contributed by atoms with Crippen molar-refractivity contribution in [1.82, 2.24) is 9.55 Å². The second kappa shape index (κ2) is 5.71. The van der Waals surface area contributed by atoms with E-state index in [9.17, 15) is 10.1 Å². The molecule has 1 heterocycles. The Morgan fingerprint density at radius 3 is 2.95 bits per heavy atom. The Bertz CT molecular complexity index is 598. The molecule has 0 unspecified atom stereocenters. The number of aromatic nitrogens is 2. The lowest BCUT2D eigenvalue weighted by Gasteiger charge is -2.07. The quantitative estimate of drug-likeness (QED) is 0.624. The number of ether oxygens (including phenoxy) is 1. The molecule has 0 saturated heterocycles. The summed E-state index contributed by atoms with van der Waals surface area (Å²) in [5.74, 6) is 1.19. The lowest BCUT2D eigenvalue weighted by Crippen LogP contribution is -2.06. The first kappa shape index (κ1) is 13.4. The molecule has 0 aliphatic rings. The second-order valence-electron chi connectivity index (χ2n) is 3.92. The molecule has 0 aliphatic heterocycles. The third kappa shape index (κ3) is 3.23. The van der Waals surface area contributed by atoms with Crippen LogP contribution in [0.2, 0.25) is 5.02 Å². The van der Waals surface area contributed by atoms with Crippen LogP contribution in [-0.4, -0.2) is 21.1 Å². The summed E-state index contributed by atoms with van der Waals surface area (Å²) in [5.41, 5.74) is -0.0450. The van der Waals surface area contributed by atoms with Gasteiger partial charge in [0.15, 0.2) is 0 Å². The first-order valence-electron chi connectivity index (χ1n) is 5.61. The van der Waals surface area contributed by atoms with Gasteiger partial charge in [-0.1, -0.05) is 11.6 Å². The molecule has 19 heavy (non-hydrogen) atoms. The summed E-state index contributed by atoms with van der Waals surface area (Å²) in [5, 5.41) is 11.0. The Kier molecular flexibility index (Phi) is 4.01. The summed E-state index contributed by atoms with van der Waals surface area (Å²) in [6.45, 7) is 0.353. The van der Waals surface area contributed by atoms with E-state index in [1.807, 2.05) is 17.8 Å². The summed E-state index contributed by atoms with van der Waals surface area (Å²) in [6, 6.07) is 4.12. The van der Waals surface area contributed by atoms with Crippen molar-refractivity contribution in [1.29, 1.82) is 0 Å². The van der Waals surface area contributed by atoms with Gasteiger partial charge in [-0.15, -0.1) is 0 Å². The minimum Gasteiger partial charge on any atom is -0.491 e. The van der Waals surface area contributed by atoms with E-state index in [1.54, 1.807) is 6.20 Å². The van der Waals surface area contributed by atoms with Gasteiger partial charge in [0.1, 0.15) is 11.6 Å². The van der Waals surface area contributed by atoms with Gasteiger partial charge < -0.3 is 9.30 Å². The molecule has 7 heteroatoms. The molecule has 0 aliphatic carbocycles. The number of nitro groups is 1. The number of nitrogens with zero attached hydrogens (tertiary/aromatic N) is 3. The molecule has 0 N–H and O–H groups in total. The molecule has 0 fully saturated rings. The minimum absolute atomic E-state index is 0.0450. The lowest BCUT2D eigenvalue weighted by molar-refractivity contribution is -0.384. The maximum atomic E-state index is 10.7. The summed E-state index contributed by atoms with van der Waals surface area (Å²) < 4.78 is 7.35. The van der Waals surface area contributed by atoms with E-state index in [1.165, 1.54) is 18.2 Å². The molecule has 0 atom stereocenters. The zero-order valence-electron chi connectivity index (χ0n) is 10.2. The monoisotopic (exact) mass is 281 g/mol. The van der Waals surface area contributed by atoms with Crippen molar-refractivity contribution in [2.24, 2.45) is 7.05 Å². The van der Waals surface area contributed by atoms with Gasteiger partial charge in [-0.2, -0.15) is 0 Å². The van der Waals surface area contributed by atoms with Crippen LogP contribution in [0.3, 0.4) is 0 Å². The van der Waals surface area contributed by atoms with Crippen molar-refractivity contribution in [2.45, 2.75) is 6.42 Å². The van der Waals surface area contributed by atoms with E-state index in [0.717, 1.165) is 5.82 Å². The molecular formula is C12H12ClN3O3. The van der Waals surface area contributed by atoms with E-state index < -0.39 is 4.92 Å². The van der Waals surface area contributed by atoms with Crippen molar-refractivity contribution in [3.8, 4) is 5.75 Å². The smallest absolute Gasteiger partial charge is 0.273 e. The van der Waals surface area contributed by atoms with Gasteiger partial charge >= 0.3 is 0 Å². The number of imidazole rings is 1. The van der Waals surface area contributed by atoms with Gasteiger partial charge in [0.25, 0.3) is 5.69 Å². The number of halogens is 1. The number of aryl methyl sites for hydroxylation is 1. The van der Waals surface area contributed by atoms with Crippen LogP contribution in [0, 0.1) is 10.1 Å². The van der Waals surface area contributed by atoms with Crippen LogP contribution in [0.5, 0.6) is 5.75 Å². The normalized spacial score (nSPS) is 10.4. The fourth-order valence-corrected chi connectivity index (χ4v) is 1.78. The topological polar surface area (TPSA) is 70.2 Å². The average Bonchev–Trinajstić information content (AvgIpc) is 2.77. The Morgan fingerprint density at radius 1 is 1.53 bits per heavy atom. The molecule has 6 nitrogen and oxygen atoms in total. The van der Waals surface area contributed by atoms with Crippen molar-refractivity contribution in [3.63, 3.8) is 0 Å². The molecule has 0 spiro atoms. The van der Waals surface area contributed by atoms with Gasteiger partial charge in [0.2, 0.25) is 0 Å². The highest BCUT2D eigenvalue weighted by atomic mass is 35.5. The summed E-state index contributed by atoms with van der Waals surface area (Å²) in [4.78, 5) is 14.3. The van der Waals surface area contributed by atoms with Crippen molar-refractivity contribution in [3.05, 3.63) is 51.6 Å². The lowest BCUT2D eigenvalue weighted by atomic mass is 10.3. The van der Waals surface area contributed by atoms with E-state index in [-0.39, 0.29) is 5.69 Å². The fourth-order valence-electron chi connectivity index (χ4n) is 1.61. The van der Waals surface area contributed by atoms with E-state index >= 15 is 0 Å². The SMILES string of the molecule is Cn1ccnc1CCOc1cc([N+](=O)[O-])ccc1Cl. The molecule has 0 radical (unpaired) electrons. The fraction of sp³-hybridized carbons (Fsp3) is 0.250. The second-order valence-corrected chi connectivity index (χ2v) is 4.33. The highest BCUT2D eigenvalue weighted by Crippen LogP contribution is 2.28. The Hall–Kier alpha value is -2.08. The molecule has 0 saturated carbocycles. The summed E-state index contributed by atoms with van der Waals surface area (Å²) in [7, 11) is 1.89. The van der Waals surface area contributed by atoms with Crippen LogP contribution in [0.15, 0.2) is 30.6 Å². The predicted molar refractivity (Wildman–Crippen MR) is 70.5 cm³/mol. The number of rotatable bonds is 5. The summed E-state index contributed by atoms with van der Waals surface area (Å²) in [6.07, 6.45) is 4.15. The molecule has 2 rings (SSSR count). The van der Waals surface area contributed by atoms with Gasteiger partial charge in [-0.25, -0.2) is 4.98 Å². The van der Waals surface area contributed by atoms with Crippen LogP contribution in [0.25, 0.3) is 0 Å². The summed E-state index contributed by atoms with van der Waals surface area (Å²) >= 11 is 5.92. The number of hydrogen-bond donors (Lipinski definition) is 0. The van der Waals surface area contributed by atoms with E-state index in [2.05, 4.69) is 4.98 Å². The van der Waals surface area contributed by atoms with E-state index in [0.29, 0.717) is 23.8 Å². The number of nitro benzene ring substituents is 1. The largest absolute Gasteiger partial charge is 0.491 e. The molecule has 2 aromatic rings. The molecular weight excluding hydrogens is 270 g/mol.